The maximum Gasteiger partial charge on any atom is 0.454 e. The van der Waals surface area contributed by atoms with Crippen molar-refractivity contribution in [2.75, 3.05) is 5.32 Å². The Morgan fingerprint density at radius 3 is 1.95 bits per heavy atom. The van der Waals surface area contributed by atoms with Crippen molar-refractivity contribution in [2.24, 2.45) is 0 Å². The molecule has 7 heteroatoms. The molecule has 0 heterocycles. The first-order chi connectivity index (χ1) is 8.99. The van der Waals surface area contributed by atoms with Gasteiger partial charge < -0.3 is 4.74 Å². The van der Waals surface area contributed by atoms with Crippen molar-refractivity contribution in [3.8, 4) is 0 Å². The second-order valence-corrected chi connectivity index (χ2v) is 5.03. The molecule has 110 valence electrons. The first-order valence-corrected chi connectivity index (χ1v) is 5.70. The summed E-state index contributed by atoms with van der Waals surface area (Å²) >= 11 is 0. The Labute approximate surface area is 113 Å². The average molecular weight is 289 g/mol. The van der Waals surface area contributed by atoms with Gasteiger partial charge in [-0.25, -0.2) is 4.79 Å². The Morgan fingerprint density at radius 2 is 1.55 bits per heavy atom. The highest BCUT2D eigenvalue weighted by molar-refractivity contribution is 6.00. The number of alkyl halides is 3. The molecule has 1 amide bonds. The second-order valence-electron chi connectivity index (χ2n) is 5.03. The van der Waals surface area contributed by atoms with Crippen LogP contribution in [0.1, 0.15) is 31.1 Å². The number of carbonyl (C=O) groups excluding carboxylic acids is 2. The lowest BCUT2D eigenvalue weighted by Crippen LogP contribution is -2.27. The molecule has 20 heavy (non-hydrogen) atoms. The van der Waals surface area contributed by atoms with Gasteiger partial charge in [0.05, 0.1) is 0 Å². The molecule has 0 radical (unpaired) electrons. The SMILES string of the molecule is CC(C)(C)OC(=O)Nc1ccc(C(=O)C(F)(F)F)cc1. The van der Waals surface area contributed by atoms with Gasteiger partial charge in [-0.1, -0.05) is 0 Å². The van der Waals surface area contributed by atoms with Crippen LogP contribution in [-0.4, -0.2) is 23.7 Å². The number of carbonyl (C=O) groups is 2. The molecule has 1 N–H and O–H groups in total. The quantitative estimate of drug-likeness (QED) is 0.843. The molecular formula is C13H14F3NO3. The van der Waals surface area contributed by atoms with E-state index in [1.807, 2.05) is 0 Å². The molecule has 0 spiro atoms. The normalized spacial score (nSPS) is 11.9. The highest BCUT2D eigenvalue weighted by Gasteiger charge is 2.39. The number of anilines is 1. The first kappa shape index (κ1) is 16.0. The van der Waals surface area contributed by atoms with E-state index in [0.717, 1.165) is 12.1 Å². The van der Waals surface area contributed by atoms with E-state index in [0.29, 0.717) is 0 Å². The summed E-state index contributed by atoms with van der Waals surface area (Å²) in [5.41, 5.74) is -0.943. The standard InChI is InChI=1S/C13H14F3NO3/c1-12(2,3)20-11(19)17-9-6-4-8(5-7-9)10(18)13(14,15)16/h4-7H,1-3H3,(H,17,19). The minimum Gasteiger partial charge on any atom is -0.444 e. The van der Waals surface area contributed by atoms with Crippen molar-refractivity contribution in [1.29, 1.82) is 0 Å². The molecule has 1 aromatic carbocycles. The fourth-order valence-electron chi connectivity index (χ4n) is 1.29. The van der Waals surface area contributed by atoms with Crippen molar-refractivity contribution >= 4 is 17.6 Å². The minimum absolute atomic E-state index is 0.234. The zero-order valence-corrected chi connectivity index (χ0v) is 11.2. The van der Waals surface area contributed by atoms with E-state index in [1.54, 1.807) is 20.8 Å². The number of nitrogens with one attached hydrogen (secondary N) is 1. The monoisotopic (exact) mass is 289 g/mol. The molecule has 0 aliphatic heterocycles. The van der Waals surface area contributed by atoms with Crippen LogP contribution in [0.15, 0.2) is 24.3 Å². The number of hydrogen-bond acceptors (Lipinski definition) is 3. The lowest BCUT2D eigenvalue weighted by Gasteiger charge is -2.19. The predicted octanol–water partition coefficient (Wildman–Crippen LogP) is 3.78. The number of benzene rings is 1. The number of hydrogen-bond donors (Lipinski definition) is 1. The minimum atomic E-state index is -4.92. The van der Waals surface area contributed by atoms with E-state index in [-0.39, 0.29) is 5.69 Å². The molecule has 0 aliphatic rings. The van der Waals surface area contributed by atoms with Crippen LogP contribution in [0.2, 0.25) is 0 Å². The maximum absolute atomic E-state index is 12.2. The zero-order chi connectivity index (χ0) is 15.6. The molecule has 1 rings (SSSR count). The van der Waals surface area contributed by atoms with E-state index in [1.165, 1.54) is 12.1 Å². The van der Waals surface area contributed by atoms with E-state index in [2.05, 4.69) is 5.32 Å². The predicted molar refractivity (Wildman–Crippen MR) is 66.7 cm³/mol. The van der Waals surface area contributed by atoms with Gasteiger partial charge in [0.15, 0.2) is 0 Å². The molecular weight excluding hydrogens is 275 g/mol. The Balaban J connectivity index is 2.73. The van der Waals surface area contributed by atoms with Crippen LogP contribution in [-0.2, 0) is 4.74 Å². The van der Waals surface area contributed by atoms with Gasteiger partial charge in [0.2, 0.25) is 0 Å². The summed E-state index contributed by atoms with van der Waals surface area (Å²) in [7, 11) is 0. The highest BCUT2D eigenvalue weighted by atomic mass is 19.4. The van der Waals surface area contributed by atoms with Crippen molar-refractivity contribution in [1.82, 2.24) is 0 Å². The summed E-state index contributed by atoms with van der Waals surface area (Å²) in [4.78, 5) is 22.4. The average Bonchev–Trinajstić information content (AvgIpc) is 2.25. The summed E-state index contributed by atoms with van der Waals surface area (Å²) in [6, 6.07) is 4.37. The molecule has 0 aromatic heterocycles. The third kappa shape index (κ3) is 4.91. The second kappa shape index (κ2) is 5.52. The third-order valence-corrected chi connectivity index (χ3v) is 2.05. The summed E-state index contributed by atoms with van der Waals surface area (Å²) in [6.45, 7) is 5.03. The Hall–Kier alpha value is -2.05. The number of halogens is 3. The summed E-state index contributed by atoms with van der Waals surface area (Å²) in [6.07, 6.45) is -5.65. The molecule has 0 saturated heterocycles. The van der Waals surface area contributed by atoms with E-state index >= 15 is 0 Å². The topological polar surface area (TPSA) is 55.4 Å². The van der Waals surface area contributed by atoms with Gasteiger partial charge in [0, 0.05) is 11.3 Å². The first-order valence-electron chi connectivity index (χ1n) is 5.70. The number of ether oxygens (including phenoxy) is 1. The third-order valence-electron chi connectivity index (χ3n) is 2.05. The van der Waals surface area contributed by atoms with Crippen molar-refractivity contribution in [2.45, 2.75) is 32.5 Å². The number of amides is 1. The summed E-state index contributed by atoms with van der Waals surface area (Å²) in [5.74, 6) is -1.93. The molecule has 1 aromatic rings. The largest absolute Gasteiger partial charge is 0.454 e. The Bertz CT molecular complexity index is 501. The zero-order valence-electron chi connectivity index (χ0n) is 11.2. The Kier molecular flexibility index (Phi) is 4.42. The fourth-order valence-corrected chi connectivity index (χ4v) is 1.29. The summed E-state index contributed by atoms with van der Waals surface area (Å²) in [5, 5.41) is 2.35. The maximum atomic E-state index is 12.2. The van der Waals surface area contributed by atoms with Crippen LogP contribution in [0.4, 0.5) is 23.7 Å². The molecule has 0 unspecified atom stereocenters. The van der Waals surface area contributed by atoms with Crippen LogP contribution >= 0.6 is 0 Å². The molecule has 0 fully saturated rings. The van der Waals surface area contributed by atoms with Crippen LogP contribution in [0.25, 0.3) is 0 Å². The number of Topliss-reactive ketones (excluding diaryl/α,β-unsaturated/α-hetero) is 1. The van der Waals surface area contributed by atoms with E-state index in [9.17, 15) is 22.8 Å². The number of rotatable bonds is 2. The van der Waals surface area contributed by atoms with Crippen molar-refractivity contribution in [3.05, 3.63) is 29.8 Å². The van der Waals surface area contributed by atoms with Gasteiger partial charge >= 0.3 is 12.3 Å². The lowest BCUT2D eigenvalue weighted by atomic mass is 10.1. The van der Waals surface area contributed by atoms with Gasteiger partial charge in [0.25, 0.3) is 5.78 Å². The van der Waals surface area contributed by atoms with Crippen LogP contribution in [0.3, 0.4) is 0 Å². The molecule has 4 nitrogen and oxygen atoms in total. The van der Waals surface area contributed by atoms with Gasteiger partial charge in [-0.3, -0.25) is 10.1 Å². The van der Waals surface area contributed by atoms with Crippen LogP contribution in [0, 0.1) is 0 Å². The smallest absolute Gasteiger partial charge is 0.444 e. The van der Waals surface area contributed by atoms with Crippen molar-refractivity contribution < 1.29 is 27.5 Å². The van der Waals surface area contributed by atoms with Gasteiger partial charge in [-0.15, -0.1) is 0 Å². The molecule has 0 bridgehead atoms. The molecule has 0 atom stereocenters. The van der Waals surface area contributed by atoms with E-state index in [4.69, 9.17) is 4.74 Å². The Morgan fingerprint density at radius 1 is 1.05 bits per heavy atom. The fraction of sp³-hybridized carbons (Fsp3) is 0.385. The van der Waals surface area contributed by atoms with Crippen molar-refractivity contribution in [3.63, 3.8) is 0 Å². The van der Waals surface area contributed by atoms with E-state index < -0.39 is 29.2 Å². The summed E-state index contributed by atoms with van der Waals surface area (Å²) < 4.78 is 41.6. The lowest BCUT2D eigenvalue weighted by molar-refractivity contribution is -0.0885. The molecule has 0 saturated carbocycles. The van der Waals surface area contributed by atoms with Crippen LogP contribution < -0.4 is 5.32 Å². The van der Waals surface area contributed by atoms with Gasteiger partial charge in [0.1, 0.15) is 5.60 Å². The highest BCUT2D eigenvalue weighted by Crippen LogP contribution is 2.22. The molecule has 0 aliphatic carbocycles. The number of ketones is 1. The van der Waals surface area contributed by atoms with Gasteiger partial charge in [-0.05, 0) is 45.0 Å². The van der Waals surface area contributed by atoms with Gasteiger partial charge in [-0.2, -0.15) is 13.2 Å². The van der Waals surface area contributed by atoms with Crippen LogP contribution in [0.5, 0.6) is 0 Å².